The quantitative estimate of drug-likeness (QED) is 0.107. The third-order valence-electron chi connectivity index (χ3n) is 6.87. The molecule has 0 spiro atoms. The van der Waals surface area contributed by atoms with Gasteiger partial charge >= 0.3 is 0 Å². The first-order valence-electron chi connectivity index (χ1n) is 14.3. The first kappa shape index (κ1) is 28.6. The zero-order valence-electron chi connectivity index (χ0n) is 22.3. The normalized spacial score (nSPS) is 15.6. The lowest BCUT2D eigenvalue weighted by atomic mass is 10.1. The van der Waals surface area contributed by atoms with Crippen molar-refractivity contribution in [1.82, 2.24) is 4.98 Å². The van der Waals surface area contributed by atoms with Gasteiger partial charge in [-0.15, -0.1) is 0 Å². The molecule has 0 amide bonds. The highest BCUT2D eigenvalue weighted by atomic mass is 32.2. The van der Waals surface area contributed by atoms with E-state index < -0.39 is 0 Å². The molecule has 1 unspecified atom stereocenters. The van der Waals surface area contributed by atoms with Crippen LogP contribution in [0.4, 0.5) is 17.1 Å². The average molecular weight is 511 g/mol. The molecule has 1 aromatic carbocycles. The summed E-state index contributed by atoms with van der Waals surface area (Å²) >= 11 is 1.65. The Morgan fingerprint density at radius 3 is 1.97 bits per heavy atom. The highest BCUT2D eigenvalue weighted by Crippen LogP contribution is 2.26. The molecule has 0 radical (unpaired) electrons. The van der Waals surface area contributed by atoms with Crippen LogP contribution < -0.4 is 4.90 Å². The van der Waals surface area contributed by atoms with Gasteiger partial charge in [0, 0.05) is 36.9 Å². The van der Waals surface area contributed by atoms with E-state index in [9.17, 15) is 0 Å². The first-order chi connectivity index (χ1) is 17.8. The van der Waals surface area contributed by atoms with Gasteiger partial charge in [0.1, 0.15) is 0 Å². The topological polar surface area (TPSA) is 50.1 Å². The molecule has 36 heavy (non-hydrogen) atoms. The monoisotopic (exact) mass is 510 g/mol. The largest absolute Gasteiger partial charge is 0.372 e. The maximum Gasteiger partial charge on any atom is 0.0887 e. The molecular formula is C30H46N4OS. The molecule has 1 fully saturated rings. The van der Waals surface area contributed by atoms with Gasteiger partial charge in [0.15, 0.2) is 0 Å². The number of rotatable bonds is 19. The van der Waals surface area contributed by atoms with Crippen LogP contribution in [0.3, 0.4) is 0 Å². The van der Waals surface area contributed by atoms with Gasteiger partial charge in [0.05, 0.1) is 17.5 Å². The van der Waals surface area contributed by atoms with Crippen molar-refractivity contribution >= 4 is 29.1 Å². The van der Waals surface area contributed by atoms with E-state index in [1.165, 1.54) is 101 Å². The van der Waals surface area contributed by atoms with Crippen molar-refractivity contribution in [3.05, 3.63) is 48.8 Å². The Morgan fingerprint density at radius 1 is 0.778 bits per heavy atom. The third kappa shape index (κ3) is 11.9. The van der Waals surface area contributed by atoms with Crippen LogP contribution in [0.5, 0.6) is 0 Å². The number of hydrogen-bond donors (Lipinski definition) is 0. The molecule has 0 bridgehead atoms. The van der Waals surface area contributed by atoms with E-state index in [-0.39, 0.29) is 0 Å². The summed E-state index contributed by atoms with van der Waals surface area (Å²) in [6, 6.07) is 12.3. The van der Waals surface area contributed by atoms with E-state index in [4.69, 9.17) is 4.18 Å². The highest BCUT2D eigenvalue weighted by molar-refractivity contribution is 7.94. The molecule has 0 aliphatic carbocycles. The molecule has 198 valence electrons. The van der Waals surface area contributed by atoms with E-state index in [0.29, 0.717) is 6.10 Å². The highest BCUT2D eigenvalue weighted by Gasteiger charge is 2.15. The summed E-state index contributed by atoms with van der Waals surface area (Å²) in [6.07, 6.45) is 22.5. The SMILES string of the molecule is CCCCCCCCN(CCCCCCCCC1CCSO1)c1ccc(/N=N/c2ccncc2)cc1. The molecule has 0 saturated carbocycles. The summed E-state index contributed by atoms with van der Waals surface area (Å²) < 4.78 is 5.66. The van der Waals surface area contributed by atoms with Gasteiger partial charge in [0.25, 0.3) is 0 Å². The van der Waals surface area contributed by atoms with Crippen molar-refractivity contribution in [2.45, 2.75) is 103 Å². The number of aromatic nitrogens is 1. The maximum atomic E-state index is 5.66. The molecule has 6 heteroatoms. The molecule has 2 aromatic rings. The smallest absolute Gasteiger partial charge is 0.0887 e. The van der Waals surface area contributed by atoms with Crippen LogP contribution in [0.25, 0.3) is 0 Å². The summed E-state index contributed by atoms with van der Waals surface area (Å²) in [5.74, 6) is 1.18. The van der Waals surface area contributed by atoms with Gasteiger partial charge in [-0.1, -0.05) is 71.1 Å². The molecule has 0 N–H and O–H groups in total. The number of pyridine rings is 1. The Bertz CT molecular complexity index is 825. The van der Waals surface area contributed by atoms with Gasteiger partial charge in [-0.25, -0.2) is 0 Å². The Kier molecular flexibility index (Phi) is 14.6. The van der Waals surface area contributed by atoms with Crippen molar-refractivity contribution in [2.75, 3.05) is 23.7 Å². The van der Waals surface area contributed by atoms with Crippen molar-refractivity contribution in [3.63, 3.8) is 0 Å². The Balaban J connectivity index is 1.40. The van der Waals surface area contributed by atoms with Gasteiger partial charge in [-0.2, -0.15) is 10.2 Å². The molecule has 5 nitrogen and oxygen atoms in total. The lowest BCUT2D eigenvalue weighted by Gasteiger charge is -2.25. The van der Waals surface area contributed by atoms with Crippen molar-refractivity contribution in [1.29, 1.82) is 0 Å². The van der Waals surface area contributed by atoms with Gasteiger partial charge in [0.2, 0.25) is 0 Å². The maximum absolute atomic E-state index is 5.66. The fourth-order valence-electron chi connectivity index (χ4n) is 4.66. The predicted molar refractivity (Wildman–Crippen MR) is 155 cm³/mol. The van der Waals surface area contributed by atoms with Gasteiger partial charge in [-0.3, -0.25) is 4.98 Å². The van der Waals surface area contributed by atoms with Crippen LogP contribution in [0.2, 0.25) is 0 Å². The van der Waals surface area contributed by atoms with Gasteiger partial charge in [-0.05, 0) is 74.1 Å². The van der Waals surface area contributed by atoms with Crippen LogP contribution in [0, 0.1) is 0 Å². The Hall–Kier alpha value is -1.92. The molecule has 2 heterocycles. The number of unbranched alkanes of at least 4 members (excludes halogenated alkanes) is 10. The van der Waals surface area contributed by atoms with E-state index >= 15 is 0 Å². The van der Waals surface area contributed by atoms with E-state index in [0.717, 1.165) is 24.5 Å². The Morgan fingerprint density at radius 2 is 1.36 bits per heavy atom. The minimum Gasteiger partial charge on any atom is -0.372 e. The number of benzene rings is 1. The molecule has 1 aliphatic heterocycles. The lowest BCUT2D eigenvalue weighted by molar-refractivity contribution is 0.242. The second-order valence-electron chi connectivity index (χ2n) is 9.92. The standard InChI is InChI=1S/C30H46N4OS/c1-2-3-4-5-9-12-24-34(25-13-10-7-6-8-11-14-30-21-26-36-35-30)29-17-15-27(16-18-29)32-33-28-19-22-31-23-20-28/h15-20,22-23,30H,2-14,21,24-26H2,1H3/b33-32+. The van der Waals surface area contributed by atoms with Crippen molar-refractivity contribution in [2.24, 2.45) is 10.2 Å². The molecular weight excluding hydrogens is 464 g/mol. The van der Waals surface area contributed by atoms with Crippen molar-refractivity contribution in [3.8, 4) is 0 Å². The van der Waals surface area contributed by atoms with E-state index in [2.05, 4.69) is 51.3 Å². The molecule has 1 saturated heterocycles. The Labute approximate surface area is 223 Å². The zero-order chi connectivity index (χ0) is 25.1. The van der Waals surface area contributed by atoms with Crippen LogP contribution in [0.15, 0.2) is 59.0 Å². The van der Waals surface area contributed by atoms with Crippen LogP contribution in [-0.4, -0.2) is 29.9 Å². The lowest BCUT2D eigenvalue weighted by Crippen LogP contribution is -2.25. The zero-order valence-corrected chi connectivity index (χ0v) is 23.1. The van der Waals surface area contributed by atoms with Gasteiger partial charge < -0.3 is 9.08 Å². The second kappa shape index (κ2) is 18.3. The van der Waals surface area contributed by atoms with E-state index in [1.807, 2.05) is 12.1 Å². The fourth-order valence-corrected chi connectivity index (χ4v) is 5.50. The van der Waals surface area contributed by atoms with Crippen molar-refractivity contribution < 1.29 is 4.18 Å². The van der Waals surface area contributed by atoms with Crippen LogP contribution >= 0.6 is 12.0 Å². The number of hydrogen-bond acceptors (Lipinski definition) is 6. The fraction of sp³-hybridized carbons (Fsp3) is 0.633. The number of azo groups is 1. The summed E-state index contributed by atoms with van der Waals surface area (Å²) in [4.78, 5) is 6.61. The summed E-state index contributed by atoms with van der Waals surface area (Å²) in [5, 5.41) is 8.70. The first-order valence-corrected chi connectivity index (χ1v) is 15.2. The third-order valence-corrected chi connectivity index (χ3v) is 7.68. The summed E-state index contributed by atoms with van der Waals surface area (Å²) in [5.41, 5.74) is 3.02. The minimum absolute atomic E-state index is 0.522. The summed E-state index contributed by atoms with van der Waals surface area (Å²) in [7, 11) is 0. The molecule has 1 aromatic heterocycles. The molecule has 1 aliphatic rings. The van der Waals surface area contributed by atoms with Crippen LogP contribution in [-0.2, 0) is 4.18 Å². The number of anilines is 1. The molecule has 1 atom stereocenters. The summed E-state index contributed by atoms with van der Waals surface area (Å²) in [6.45, 7) is 4.56. The van der Waals surface area contributed by atoms with E-state index in [1.54, 1.807) is 24.4 Å². The number of nitrogens with zero attached hydrogens (tertiary/aromatic N) is 4. The molecule has 3 rings (SSSR count). The minimum atomic E-state index is 0.522. The second-order valence-corrected chi connectivity index (χ2v) is 10.8. The predicted octanol–water partition coefficient (Wildman–Crippen LogP) is 9.83. The van der Waals surface area contributed by atoms with Crippen LogP contribution in [0.1, 0.15) is 96.8 Å². The average Bonchev–Trinajstić information content (AvgIpc) is 3.44.